The van der Waals surface area contributed by atoms with Crippen molar-refractivity contribution in [1.29, 1.82) is 0 Å². The number of benzene rings is 4. The lowest BCUT2D eigenvalue weighted by Gasteiger charge is -1.94. The Morgan fingerprint density at radius 1 is 0.511 bits per heavy atom. The van der Waals surface area contributed by atoms with Crippen molar-refractivity contribution in [2.45, 2.75) is 89.4 Å². The highest BCUT2D eigenvalue weighted by molar-refractivity contribution is 6.33. The predicted octanol–water partition coefficient (Wildman–Crippen LogP) is 13.1. The molecule has 4 rings (SSSR count). The van der Waals surface area contributed by atoms with Crippen molar-refractivity contribution in [2.75, 3.05) is 40.3 Å². The van der Waals surface area contributed by atoms with Crippen LogP contribution in [0.25, 0.3) is 21.5 Å². The molecule has 0 saturated heterocycles. The van der Waals surface area contributed by atoms with Gasteiger partial charge in [0.25, 0.3) is 0 Å². The van der Waals surface area contributed by atoms with Crippen LogP contribution >= 0.6 is 0 Å². The average Bonchev–Trinajstić information content (AvgIpc) is 3.04. The fraction of sp³-hybridized carbons (Fsp3) is 0.487. The number of fused-ring (bicyclic) bond motifs is 2. The highest BCUT2D eigenvalue weighted by Crippen LogP contribution is 2.12. The summed E-state index contributed by atoms with van der Waals surface area (Å²) < 4.78 is 5.08. The normalized spacial score (nSPS) is 8.84. The highest BCUT2D eigenvalue weighted by atomic mass is 16.5. The monoisotopic (exact) mass is 620 g/mol. The molecule has 253 valence electrons. The van der Waals surface area contributed by atoms with Gasteiger partial charge < -0.3 is 4.74 Å². The largest absolute Gasteiger partial charge is 0.390 e. The van der Waals surface area contributed by atoms with Gasteiger partial charge >= 0.3 is 0 Å². The van der Waals surface area contributed by atoms with Crippen molar-refractivity contribution in [1.82, 2.24) is 0 Å². The second-order valence-corrected chi connectivity index (χ2v) is 8.91. The maximum Gasteiger partial charge on any atom is 0.141 e. The average molecular weight is 620 g/mol. The van der Waals surface area contributed by atoms with Gasteiger partial charge in [0, 0.05) is 27.2 Å². The van der Waals surface area contributed by atoms with Gasteiger partial charge in [-0.05, 0) is 41.8 Å². The Bertz CT molecular complexity index is 916. The van der Waals surface area contributed by atoms with Gasteiger partial charge in [-0.2, -0.15) is 20.5 Å². The summed E-state index contributed by atoms with van der Waals surface area (Å²) in [4.78, 5) is 0. The minimum absolute atomic E-state index is 0. The predicted molar refractivity (Wildman–Crippen MR) is 209 cm³/mol. The molecule has 0 aliphatic rings. The third-order valence-corrected chi connectivity index (χ3v) is 4.52. The van der Waals surface area contributed by atoms with Gasteiger partial charge in [-0.3, -0.25) is 0 Å². The molecule has 6 heteroatoms. The first-order valence-corrected chi connectivity index (χ1v) is 15.7. The van der Waals surface area contributed by atoms with E-state index in [2.05, 4.69) is 152 Å². The lowest BCUT2D eigenvalue weighted by molar-refractivity contribution is 0.178. The Hall–Kier alpha value is -3.38. The van der Waals surface area contributed by atoms with E-state index in [1.165, 1.54) is 34.4 Å². The van der Waals surface area contributed by atoms with Crippen molar-refractivity contribution in [3.05, 3.63) is 97.1 Å². The third kappa shape index (κ3) is 36.7. The molecule has 0 N–H and O–H groups in total. The molecule has 0 heterocycles. The first kappa shape index (κ1) is 51.2. The summed E-state index contributed by atoms with van der Waals surface area (Å²) in [6.45, 7) is 19.8. The molecular weight excluding hydrogens is 551 g/mol. The van der Waals surface area contributed by atoms with E-state index in [0.717, 1.165) is 32.6 Å². The zero-order valence-electron chi connectivity index (χ0n) is 29.0. The fourth-order valence-electron chi connectivity index (χ4n) is 2.89. The summed E-state index contributed by atoms with van der Waals surface area (Å²) in [5, 5.41) is 19.4. The molecule has 0 atom stereocenters. The Balaban J connectivity index is -0.000000144. The molecule has 4 aromatic rings. The van der Waals surface area contributed by atoms with Crippen molar-refractivity contribution in [3.63, 3.8) is 0 Å². The van der Waals surface area contributed by atoms with Gasteiger partial charge in [-0.15, -0.1) is 0 Å². The molecule has 45 heavy (non-hydrogen) atoms. The van der Waals surface area contributed by atoms with Gasteiger partial charge in [0.2, 0.25) is 0 Å². The van der Waals surface area contributed by atoms with E-state index in [4.69, 9.17) is 4.74 Å². The smallest absolute Gasteiger partial charge is 0.141 e. The second-order valence-electron chi connectivity index (χ2n) is 8.91. The van der Waals surface area contributed by atoms with Crippen LogP contribution in [0.4, 0.5) is 0 Å². The van der Waals surface area contributed by atoms with Crippen LogP contribution in [0.1, 0.15) is 82.6 Å². The molecule has 0 saturated carbocycles. The number of hydrogen-bond acceptors (Lipinski definition) is 5. The molecular formula is C39H68BN4O. The molecule has 0 bridgehead atoms. The molecule has 5 nitrogen and oxygen atoms in total. The lowest BCUT2D eigenvalue weighted by Crippen LogP contribution is -1.99. The molecule has 4 aromatic carbocycles. The number of ether oxygens (including phenoxy) is 1. The minimum Gasteiger partial charge on any atom is -0.390 e. The Morgan fingerprint density at radius 3 is 0.889 bits per heavy atom. The van der Waals surface area contributed by atoms with E-state index < -0.39 is 0 Å². The Morgan fingerprint density at radius 2 is 0.756 bits per heavy atom. The van der Waals surface area contributed by atoms with E-state index in [-0.39, 0.29) is 14.9 Å². The van der Waals surface area contributed by atoms with E-state index >= 15 is 0 Å². The molecule has 0 amide bonds. The lowest BCUT2D eigenvalue weighted by atomic mass is 9.85. The SMILES string of the molecule is C.C.CCC.CCC.CCN=NC.CCN=NC.C[B]COCCC.c1ccc2ccccc2c1.c1ccc2ccccc2c1. The van der Waals surface area contributed by atoms with Crippen LogP contribution in [0, 0.1) is 0 Å². The summed E-state index contributed by atoms with van der Waals surface area (Å²) in [5.74, 6) is 0. The molecule has 0 unspecified atom stereocenters. The van der Waals surface area contributed by atoms with Crippen LogP contribution in [-0.4, -0.2) is 47.6 Å². The summed E-state index contributed by atoms with van der Waals surface area (Å²) in [7, 11) is 5.35. The maximum absolute atomic E-state index is 5.08. The molecule has 0 spiro atoms. The topological polar surface area (TPSA) is 58.7 Å². The van der Waals surface area contributed by atoms with E-state index in [9.17, 15) is 0 Å². The van der Waals surface area contributed by atoms with Crippen molar-refractivity contribution >= 4 is 28.8 Å². The Labute approximate surface area is 280 Å². The standard InChI is InChI=1S/2C10H8.C5H12BO.2C3H8N2.2C3H8.2CH4/c2*1-2-6-10-8-4-3-7-9(10)5-1;1-3-4-7-5-6-2;2*1-3-5-4-2;2*1-3-2;;/h2*1-8H;3-5H2,1-2H3;2*3H2,1-2H3;2*3H2,1-2H3;2*1H4. The number of nitrogens with zero attached hydrogens (tertiary/aromatic N) is 4. The highest BCUT2D eigenvalue weighted by Gasteiger charge is 1.86. The number of azo groups is 2. The zero-order chi connectivity index (χ0) is 32.8. The molecule has 0 aliphatic carbocycles. The van der Waals surface area contributed by atoms with Gasteiger partial charge in [0.1, 0.15) is 7.28 Å². The number of hydrogen-bond donors (Lipinski definition) is 0. The zero-order valence-corrected chi connectivity index (χ0v) is 29.0. The first-order valence-electron chi connectivity index (χ1n) is 15.7. The van der Waals surface area contributed by atoms with Crippen molar-refractivity contribution in [2.24, 2.45) is 20.5 Å². The molecule has 0 aromatic heterocycles. The van der Waals surface area contributed by atoms with Gasteiger partial charge in [0.15, 0.2) is 0 Å². The summed E-state index contributed by atoms with van der Waals surface area (Å²) in [6, 6.07) is 33.4. The van der Waals surface area contributed by atoms with Crippen LogP contribution < -0.4 is 0 Å². The van der Waals surface area contributed by atoms with Crippen LogP contribution in [0.15, 0.2) is 118 Å². The van der Waals surface area contributed by atoms with Crippen molar-refractivity contribution in [3.8, 4) is 0 Å². The quantitative estimate of drug-likeness (QED) is 0.120. The summed E-state index contributed by atoms with van der Waals surface area (Å²) >= 11 is 0. The molecule has 0 fully saturated rings. The van der Waals surface area contributed by atoms with Gasteiger partial charge in [-0.1, -0.05) is 166 Å². The minimum atomic E-state index is 0. The first-order chi connectivity index (χ1) is 21.0. The van der Waals surface area contributed by atoms with E-state index in [1.54, 1.807) is 14.1 Å². The second kappa shape index (κ2) is 45.1. The van der Waals surface area contributed by atoms with Crippen LogP contribution in [-0.2, 0) is 4.74 Å². The van der Waals surface area contributed by atoms with Crippen LogP contribution in [0.3, 0.4) is 0 Å². The van der Waals surface area contributed by atoms with Gasteiger partial charge in [0.05, 0.1) is 13.1 Å². The summed E-state index contributed by atoms with van der Waals surface area (Å²) in [5.41, 5.74) is 0. The van der Waals surface area contributed by atoms with Crippen LogP contribution in [0.5, 0.6) is 0 Å². The van der Waals surface area contributed by atoms with Gasteiger partial charge in [-0.25, -0.2) is 0 Å². The summed E-state index contributed by atoms with van der Waals surface area (Å²) in [6.07, 6.45) is 3.62. The van der Waals surface area contributed by atoms with Crippen molar-refractivity contribution < 1.29 is 4.74 Å². The fourth-order valence-corrected chi connectivity index (χ4v) is 2.89. The van der Waals surface area contributed by atoms with Crippen LogP contribution in [0.2, 0.25) is 6.82 Å². The van der Waals surface area contributed by atoms with E-state index in [1.807, 2.05) is 28.0 Å². The maximum atomic E-state index is 5.08. The number of rotatable bonds is 6. The molecule has 0 aliphatic heterocycles. The van der Waals surface area contributed by atoms with E-state index in [0.29, 0.717) is 0 Å². The third-order valence-electron chi connectivity index (χ3n) is 4.52. The Kier molecular flexibility index (Phi) is 51.3. The molecule has 1 radical (unpaired) electrons.